The molecule has 0 heterocycles. The second kappa shape index (κ2) is 3.94. The fourth-order valence-corrected chi connectivity index (χ4v) is 0.977. The lowest BCUT2D eigenvalue weighted by Gasteiger charge is -1.87. The molecule has 0 unspecified atom stereocenters. The van der Waals surface area contributed by atoms with E-state index >= 15 is 0 Å². The lowest BCUT2D eigenvalue weighted by atomic mass is 10.5. The zero-order valence-corrected chi connectivity index (χ0v) is 7.83. The van der Waals surface area contributed by atoms with Crippen LogP contribution in [-0.2, 0) is 9.53 Å². The maximum atomic E-state index is 9.96. The zero-order valence-electron chi connectivity index (χ0n) is 7.83. The van der Waals surface area contributed by atoms with Gasteiger partial charge in [-0.3, -0.25) is 4.79 Å². The normalized spacial score (nSPS) is 9.69. The van der Waals surface area contributed by atoms with Crippen LogP contribution in [0.15, 0.2) is 18.2 Å². The van der Waals surface area contributed by atoms with Gasteiger partial charge in [0.15, 0.2) is 0 Å². The van der Waals surface area contributed by atoms with E-state index in [0.29, 0.717) is 6.42 Å². The molecule has 2 rings (SSSR count). The van der Waals surface area contributed by atoms with Gasteiger partial charge in [-0.1, -0.05) is 25.1 Å². The largest absolute Gasteiger partial charge is 0.469 e. The van der Waals surface area contributed by atoms with Crippen LogP contribution in [0.2, 0.25) is 0 Å². The molecule has 2 N–H and O–H groups in total. The number of carbonyl (C=O) groups is 1. The molecule has 0 aromatic rings. The van der Waals surface area contributed by atoms with E-state index in [1.807, 2.05) is 18.2 Å². The van der Waals surface area contributed by atoms with Gasteiger partial charge < -0.3 is 10.5 Å². The molecule has 2 aliphatic carbocycles. The van der Waals surface area contributed by atoms with Crippen molar-refractivity contribution in [1.82, 2.24) is 0 Å². The van der Waals surface area contributed by atoms with Crippen molar-refractivity contribution >= 4 is 11.7 Å². The molecular weight excluding hydrogens is 166 g/mol. The van der Waals surface area contributed by atoms with E-state index < -0.39 is 0 Å². The molecule has 3 heteroatoms. The summed E-state index contributed by atoms with van der Waals surface area (Å²) in [7, 11) is 1.38. The Hall–Kier alpha value is -1.51. The fourth-order valence-electron chi connectivity index (χ4n) is 0.977. The minimum absolute atomic E-state index is 0.157. The van der Waals surface area contributed by atoms with E-state index in [1.165, 1.54) is 18.2 Å². The summed E-state index contributed by atoms with van der Waals surface area (Å²) in [6.07, 6.45) is 0.469. The van der Waals surface area contributed by atoms with Crippen molar-refractivity contribution in [1.29, 1.82) is 0 Å². The summed E-state index contributed by atoms with van der Waals surface area (Å²) in [5.74, 6) is -0.157. The monoisotopic (exact) mass is 179 g/mol. The van der Waals surface area contributed by atoms with Gasteiger partial charge >= 0.3 is 5.97 Å². The van der Waals surface area contributed by atoms with Crippen molar-refractivity contribution in [3.05, 3.63) is 18.2 Å². The lowest BCUT2D eigenvalue weighted by Crippen LogP contribution is -1.94. The summed E-state index contributed by atoms with van der Waals surface area (Å²) in [5, 5.41) is 0. The Morgan fingerprint density at radius 3 is 2.15 bits per heavy atom. The first-order chi connectivity index (χ1) is 6.20. The number of rotatable bonds is 1. The standard InChI is InChI=1S/C6H5N.C4H8O2/c7-6-4-2-1-3-5(4)6;1-3-4(5)6-2/h1-3H,7H2;3H2,1-2H3. The summed E-state index contributed by atoms with van der Waals surface area (Å²) >= 11 is 0. The smallest absolute Gasteiger partial charge is 0.305 e. The molecule has 0 atom stereocenters. The predicted octanol–water partition coefficient (Wildman–Crippen LogP) is 1.82. The molecular formula is C10H13NO2. The molecule has 0 aromatic carbocycles. The average Bonchev–Trinajstić information content (AvgIpc) is 2.63. The van der Waals surface area contributed by atoms with Gasteiger partial charge in [-0.15, -0.1) is 0 Å². The first kappa shape index (κ1) is 9.58. The van der Waals surface area contributed by atoms with E-state index in [9.17, 15) is 4.79 Å². The Kier molecular flexibility index (Phi) is 2.90. The number of methoxy groups -OCH3 is 1. The van der Waals surface area contributed by atoms with Crippen LogP contribution in [0.4, 0.5) is 5.69 Å². The molecule has 0 amide bonds. The Morgan fingerprint density at radius 1 is 1.46 bits per heavy atom. The number of benzene rings is 1. The number of hydrogen-bond acceptors (Lipinski definition) is 3. The van der Waals surface area contributed by atoms with Gasteiger partial charge in [-0.25, -0.2) is 0 Å². The van der Waals surface area contributed by atoms with Crippen molar-refractivity contribution in [3.8, 4) is 11.1 Å². The van der Waals surface area contributed by atoms with Crippen molar-refractivity contribution < 1.29 is 9.53 Å². The number of para-hydroxylation sites is 1. The van der Waals surface area contributed by atoms with Gasteiger partial charge in [0.1, 0.15) is 0 Å². The van der Waals surface area contributed by atoms with Gasteiger partial charge in [0.25, 0.3) is 0 Å². The Balaban J connectivity index is 0.000000133. The minimum Gasteiger partial charge on any atom is -0.469 e. The fraction of sp³-hybridized carbons (Fsp3) is 0.300. The van der Waals surface area contributed by atoms with Crippen LogP contribution in [-0.4, -0.2) is 13.1 Å². The van der Waals surface area contributed by atoms with Crippen LogP contribution >= 0.6 is 0 Å². The highest BCUT2D eigenvalue weighted by atomic mass is 16.5. The Bertz CT molecular complexity index is 294. The summed E-state index contributed by atoms with van der Waals surface area (Å²) in [6.45, 7) is 1.76. The molecule has 0 fully saturated rings. The maximum Gasteiger partial charge on any atom is 0.305 e. The van der Waals surface area contributed by atoms with E-state index in [1.54, 1.807) is 6.92 Å². The predicted molar refractivity (Wildman–Crippen MR) is 52.2 cm³/mol. The highest BCUT2D eigenvalue weighted by Crippen LogP contribution is 2.45. The number of nitrogens with two attached hydrogens (primary N) is 1. The van der Waals surface area contributed by atoms with Gasteiger partial charge in [0.2, 0.25) is 0 Å². The molecule has 0 radical (unpaired) electrons. The second-order valence-electron chi connectivity index (χ2n) is 2.70. The van der Waals surface area contributed by atoms with Crippen LogP contribution in [0.25, 0.3) is 11.1 Å². The summed E-state index contributed by atoms with van der Waals surface area (Å²) in [6, 6.07) is 6.08. The first-order valence-corrected chi connectivity index (χ1v) is 4.16. The van der Waals surface area contributed by atoms with Gasteiger partial charge in [0, 0.05) is 23.2 Å². The van der Waals surface area contributed by atoms with Crippen LogP contribution in [0.1, 0.15) is 13.3 Å². The second-order valence-corrected chi connectivity index (χ2v) is 2.70. The lowest BCUT2D eigenvalue weighted by molar-refractivity contribution is -0.140. The SMILES string of the molecule is CCC(=O)OC.Nc1c2cccc1-2. The molecule has 0 saturated carbocycles. The van der Waals surface area contributed by atoms with Crippen molar-refractivity contribution in [3.63, 3.8) is 0 Å². The Labute approximate surface area is 77.5 Å². The van der Waals surface area contributed by atoms with E-state index in [2.05, 4.69) is 4.74 Å². The van der Waals surface area contributed by atoms with Gasteiger partial charge in [0.05, 0.1) is 7.11 Å². The molecule has 2 aliphatic rings. The van der Waals surface area contributed by atoms with Gasteiger partial charge in [-0.05, 0) is 0 Å². The molecule has 0 saturated heterocycles. The van der Waals surface area contributed by atoms with E-state index in [0.717, 1.165) is 5.69 Å². The number of ether oxygens (including phenoxy) is 1. The molecule has 0 spiro atoms. The Morgan fingerprint density at radius 2 is 2.00 bits per heavy atom. The maximum absolute atomic E-state index is 9.96. The van der Waals surface area contributed by atoms with E-state index in [4.69, 9.17) is 5.73 Å². The number of fused-ring (bicyclic) bond motifs is 1. The van der Waals surface area contributed by atoms with Crippen molar-refractivity contribution in [2.24, 2.45) is 0 Å². The summed E-state index contributed by atoms with van der Waals surface area (Å²) in [5.41, 5.74) is 8.92. The zero-order chi connectivity index (χ0) is 9.84. The highest BCUT2D eigenvalue weighted by molar-refractivity contribution is 6.02. The number of anilines is 1. The van der Waals surface area contributed by atoms with Crippen molar-refractivity contribution in [2.45, 2.75) is 13.3 Å². The third kappa shape index (κ3) is 2.21. The number of hydrogen-bond donors (Lipinski definition) is 1. The third-order valence-electron chi connectivity index (χ3n) is 1.85. The molecule has 70 valence electrons. The summed E-state index contributed by atoms with van der Waals surface area (Å²) in [4.78, 5) is 9.96. The van der Waals surface area contributed by atoms with Crippen molar-refractivity contribution in [2.75, 3.05) is 12.8 Å². The van der Waals surface area contributed by atoms with Crippen LogP contribution in [0.5, 0.6) is 0 Å². The number of nitrogen functional groups attached to an aromatic ring is 1. The molecule has 0 aromatic heterocycles. The highest BCUT2D eigenvalue weighted by Gasteiger charge is 2.18. The first-order valence-electron chi connectivity index (χ1n) is 4.16. The topological polar surface area (TPSA) is 52.3 Å². The number of esters is 1. The quantitative estimate of drug-likeness (QED) is 0.536. The van der Waals surface area contributed by atoms with E-state index in [-0.39, 0.29) is 5.97 Å². The average molecular weight is 179 g/mol. The minimum atomic E-state index is -0.157. The third-order valence-corrected chi connectivity index (χ3v) is 1.85. The summed E-state index contributed by atoms with van der Waals surface area (Å²) < 4.78 is 4.26. The van der Waals surface area contributed by atoms with Gasteiger partial charge in [-0.2, -0.15) is 0 Å². The number of carbonyl (C=O) groups excluding carboxylic acids is 1. The van der Waals surface area contributed by atoms with Crippen LogP contribution in [0.3, 0.4) is 0 Å². The molecule has 3 nitrogen and oxygen atoms in total. The van der Waals surface area contributed by atoms with Crippen LogP contribution in [0, 0.1) is 0 Å². The van der Waals surface area contributed by atoms with Crippen LogP contribution < -0.4 is 5.73 Å². The molecule has 0 bridgehead atoms. The molecule has 0 aliphatic heterocycles. The molecule has 13 heavy (non-hydrogen) atoms.